The van der Waals surface area contributed by atoms with E-state index in [-0.39, 0.29) is 17.6 Å². The number of hydrogen-bond donors (Lipinski definition) is 1. The van der Waals surface area contributed by atoms with Crippen molar-refractivity contribution in [3.63, 3.8) is 0 Å². The van der Waals surface area contributed by atoms with Crippen molar-refractivity contribution in [2.75, 3.05) is 20.2 Å². The average molecular weight is 282 g/mol. The lowest BCUT2D eigenvalue weighted by atomic mass is 10.1. The fraction of sp³-hybridized carbons (Fsp3) is 0.533. The third kappa shape index (κ3) is 4.49. The van der Waals surface area contributed by atoms with Crippen LogP contribution >= 0.6 is 0 Å². The van der Waals surface area contributed by atoms with Crippen molar-refractivity contribution in [2.45, 2.75) is 26.8 Å². The minimum Gasteiger partial charge on any atom is -0.494 e. The largest absolute Gasteiger partial charge is 0.494 e. The van der Waals surface area contributed by atoms with Gasteiger partial charge in [0.25, 0.3) is 0 Å². The van der Waals surface area contributed by atoms with Gasteiger partial charge in [-0.3, -0.25) is 4.79 Å². The monoisotopic (exact) mass is 282 g/mol. The van der Waals surface area contributed by atoms with Crippen LogP contribution in [-0.4, -0.2) is 31.0 Å². The molecule has 0 aromatic heterocycles. The summed E-state index contributed by atoms with van der Waals surface area (Å²) in [7, 11) is 1.42. The second kappa shape index (κ2) is 7.85. The molecule has 5 heteroatoms. The minimum atomic E-state index is -0.413. The smallest absolute Gasteiger partial charge is 0.223 e. The van der Waals surface area contributed by atoms with Gasteiger partial charge in [0.15, 0.2) is 11.6 Å². The normalized spacial score (nSPS) is 12.1. The van der Waals surface area contributed by atoms with Crippen molar-refractivity contribution in [2.24, 2.45) is 11.7 Å². The molecule has 0 spiro atoms. The van der Waals surface area contributed by atoms with Crippen LogP contribution in [0.15, 0.2) is 18.2 Å². The highest BCUT2D eigenvalue weighted by molar-refractivity contribution is 5.76. The predicted octanol–water partition coefficient (Wildman–Crippen LogP) is 2.17. The maximum absolute atomic E-state index is 13.6. The Morgan fingerprint density at radius 1 is 1.50 bits per heavy atom. The van der Waals surface area contributed by atoms with Crippen molar-refractivity contribution in [3.05, 3.63) is 29.6 Å². The second-order valence-electron chi connectivity index (χ2n) is 4.92. The van der Waals surface area contributed by atoms with Gasteiger partial charge in [-0.15, -0.1) is 0 Å². The van der Waals surface area contributed by atoms with E-state index in [4.69, 9.17) is 10.5 Å². The average Bonchev–Trinajstić information content (AvgIpc) is 2.44. The number of rotatable bonds is 7. The molecule has 1 aromatic carbocycles. The summed E-state index contributed by atoms with van der Waals surface area (Å²) in [6, 6.07) is 4.75. The van der Waals surface area contributed by atoms with E-state index in [2.05, 4.69) is 0 Å². The molecular formula is C15H23FN2O2. The van der Waals surface area contributed by atoms with Gasteiger partial charge in [0, 0.05) is 19.5 Å². The molecule has 1 aromatic rings. The summed E-state index contributed by atoms with van der Waals surface area (Å²) in [6.45, 7) is 5.32. The van der Waals surface area contributed by atoms with Crippen LogP contribution in [0.4, 0.5) is 4.39 Å². The van der Waals surface area contributed by atoms with Crippen molar-refractivity contribution in [1.82, 2.24) is 4.90 Å². The van der Waals surface area contributed by atoms with Crippen LogP contribution in [0.2, 0.25) is 0 Å². The lowest BCUT2D eigenvalue weighted by molar-refractivity contribution is -0.132. The third-order valence-electron chi connectivity index (χ3n) is 3.25. The van der Waals surface area contributed by atoms with Crippen LogP contribution in [0.3, 0.4) is 0 Å². The third-order valence-corrected chi connectivity index (χ3v) is 3.25. The molecule has 1 rings (SSSR count). The molecule has 4 nitrogen and oxygen atoms in total. The fourth-order valence-electron chi connectivity index (χ4n) is 1.92. The van der Waals surface area contributed by atoms with E-state index >= 15 is 0 Å². The highest BCUT2D eigenvalue weighted by Gasteiger charge is 2.15. The number of amides is 1. The van der Waals surface area contributed by atoms with E-state index < -0.39 is 5.82 Å². The first-order chi connectivity index (χ1) is 9.51. The van der Waals surface area contributed by atoms with Gasteiger partial charge in [0.2, 0.25) is 5.91 Å². The van der Waals surface area contributed by atoms with E-state index in [0.717, 1.165) is 5.56 Å². The van der Waals surface area contributed by atoms with Crippen molar-refractivity contribution >= 4 is 5.91 Å². The Morgan fingerprint density at radius 3 is 2.70 bits per heavy atom. The molecule has 1 amide bonds. The Balaban J connectivity index is 2.73. The molecule has 20 heavy (non-hydrogen) atoms. The SMILES string of the molecule is CCN(Cc1ccc(OC)c(F)c1)C(=O)CC(C)CN. The summed E-state index contributed by atoms with van der Waals surface area (Å²) < 4.78 is 18.5. The molecule has 0 bridgehead atoms. The molecule has 0 saturated heterocycles. The Bertz CT molecular complexity index is 451. The maximum Gasteiger partial charge on any atom is 0.223 e. The number of ether oxygens (including phenoxy) is 1. The topological polar surface area (TPSA) is 55.6 Å². The van der Waals surface area contributed by atoms with Gasteiger partial charge in [-0.2, -0.15) is 0 Å². The quantitative estimate of drug-likeness (QED) is 0.834. The van der Waals surface area contributed by atoms with Crippen molar-refractivity contribution < 1.29 is 13.9 Å². The first-order valence-corrected chi connectivity index (χ1v) is 6.82. The van der Waals surface area contributed by atoms with Gasteiger partial charge in [-0.05, 0) is 37.1 Å². The summed E-state index contributed by atoms with van der Waals surface area (Å²) >= 11 is 0. The molecule has 2 N–H and O–H groups in total. The molecule has 1 unspecified atom stereocenters. The van der Waals surface area contributed by atoms with E-state index in [0.29, 0.717) is 26.1 Å². The zero-order chi connectivity index (χ0) is 15.1. The molecule has 0 aliphatic carbocycles. The van der Waals surface area contributed by atoms with Crippen LogP contribution in [0, 0.1) is 11.7 Å². The molecule has 112 valence electrons. The van der Waals surface area contributed by atoms with Gasteiger partial charge >= 0.3 is 0 Å². The highest BCUT2D eigenvalue weighted by Crippen LogP contribution is 2.19. The van der Waals surface area contributed by atoms with Gasteiger partial charge in [-0.25, -0.2) is 4.39 Å². The summed E-state index contributed by atoms with van der Waals surface area (Å²) in [5, 5.41) is 0. The number of hydrogen-bond acceptors (Lipinski definition) is 3. The Morgan fingerprint density at radius 2 is 2.20 bits per heavy atom. The molecule has 0 aliphatic heterocycles. The van der Waals surface area contributed by atoms with E-state index in [9.17, 15) is 9.18 Å². The number of benzene rings is 1. The molecule has 0 fully saturated rings. The highest BCUT2D eigenvalue weighted by atomic mass is 19.1. The summed E-state index contributed by atoms with van der Waals surface area (Å²) in [4.78, 5) is 13.8. The van der Waals surface area contributed by atoms with Crippen molar-refractivity contribution in [3.8, 4) is 5.75 Å². The first kappa shape index (κ1) is 16.4. The van der Waals surface area contributed by atoms with Crippen LogP contribution in [0.1, 0.15) is 25.8 Å². The van der Waals surface area contributed by atoms with Crippen LogP contribution < -0.4 is 10.5 Å². The standard InChI is InChI=1S/C15H23FN2O2/c1-4-18(15(19)7-11(2)9-17)10-12-5-6-14(20-3)13(16)8-12/h5-6,8,11H,4,7,9-10,17H2,1-3H3. The second-order valence-corrected chi connectivity index (χ2v) is 4.92. The zero-order valence-corrected chi connectivity index (χ0v) is 12.4. The molecule has 1 atom stereocenters. The first-order valence-electron chi connectivity index (χ1n) is 6.82. The van der Waals surface area contributed by atoms with Gasteiger partial charge in [0.05, 0.1) is 7.11 Å². The van der Waals surface area contributed by atoms with Crippen LogP contribution in [-0.2, 0) is 11.3 Å². The number of carbonyl (C=O) groups excluding carboxylic acids is 1. The zero-order valence-electron chi connectivity index (χ0n) is 12.4. The van der Waals surface area contributed by atoms with Crippen LogP contribution in [0.25, 0.3) is 0 Å². The van der Waals surface area contributed by atoms with Crippen LogP contribution in [0.5, 0.6) is 5.75 Å². The van der Waals surface area contributed by atoms with E-state index in [1.807, 2.05) is 13.8 Å². The summed E-state index contributed by atoms with van der Waals surface area (Å²) in [5.41, 5.74) is 6.28. The molecule has 0 saturated carbocycles. The summed E-state index contributed by atoms with van der Waals surface area (Å²) in [5.74, 6) is -0.00506. The Hall–Kier alpha value is -1.62. The van der Waals surface area contributed by atoms with E-state index in [1.54, 1.807) is 17.0 Å². The van der Waals surface area contributed by atoms with Gasteiger partial charge < -0.3 is 15.4 Å². The lowest BCUT2D eigenvalue weighted by Gasteiger charge is -2.22. The molecule has 0 heterocycles. The minimum absolute atomic E-state index is 0.0432. The molecule has 0 radical (unpaired) electrons. The number of nitrogens with two attached hydrogens (primary N) is 1. The fourth-order valence-corrected chi connectivity index (χ4v) is 1.92. The van der Waals surface area contributed by atoms with E-state index in [1.165, 1.54) is 13.2 Å². The van der Waals surface area contributed by atoms with Gasteiger partial charge in [0.1, 0.15) is 0 Å². The summed E-state index contributed by atoms with van der Waals surface area (Å²) in [6.07, 6.45) is 0.420. The Kier molecular flexibility index (Phi) is 6.45. The number of nitrogens with zero attached hydrogens (tertiary/aromatic N) is 1. The van der Waals surface area contributed by atoms with Crippen molar-refractivity contribution in [1.29, 1.82) is 0 Å². The predicted molar refractivity (Wildman–Crippen MR) is 76.9 cm³/mol. The number of carbonyl (C=O) groups is 1. The van der Waals surface area contributed by atoms with Gasteiger partial charge in [-0.1, -0.05) is 13.0 Å². The maximum atomic E-state index is 13.6. The lowest BCUT2D eigenvalue weighted by Crippen LogP contribution is -2.32. The molecule has 0 aliphatic rings. The molecular weight excluding hydrogens is 259 g/mol. The Labute approximate surface area is 119 Å². The number of halogens is 1. The number of methoxy groups -OCH3 is 1.